The van der Waals surface area contributed by atoms with E-state index >= 15 is 0 Å². The van der Waals surface area contributed by atoms with Crippen LogP contribution in [0.5, 0.6) is 0 Å². The van der Waals surface area contributed by atoms with E-state index in [4.69, 9.17) is 4.52 Å². The van der Waals surface area contributed by atoms with Gasteiger partial charge in [0.1, 0.15) is 23.0 Å². The molecular formula is C17H13BrFNO4S. The molecule has 0 unspecified atom stereocenters. The largest absolute Gasteiger partial charge is 0.388 e. The molecule has 0 spiro atoms. The van der Waals surface area contributed by atoms with Gasteiger partial charge in [-0.3, -0.25) is 0 Å². The molecule has 0 saturated carbocycles. The molecule has 0 radical (unpaired) electrons. The summed E-state index contributed by atoms with van der Waals surface area (Å²) in [6.07, 6.45) is 0.941. The fourth-order valence-electron chi connectivity index (χ4n) is 2.52. The van der Waals surface area contributed by atoms with Crippen molar-refractivity contribution in [2.24, 2.45) is 0 Å². The summed E-state index contributed by atoms with van der Waals surface area (Å²) >= 11 is 3.37. The number of benzene rings is 2. The zero-order valence-corrected chi connectivity index (χ0v) is 15.4. The Morgan fingerprint density at radius 2 is 1.96 bits per heavy atom. The third kappa shape index (κ3) is 3.51. The molecule has 1 heterocycles. The van der Waals surface area contributed by atoms with E-state index in [-0.39, 0.29) is 10.7 Å². The standard InChI is InChI=1S/C17H13BrFNO4S/c1-25(22,23)15-6-5-10(8-13(15)19)16-14(9-21)24-20-17(16)11-3-2-4-12(18)7-11/h2-8,21H,9H2,1H3. The number of hydrogen-bond donors (Lipinski definition) is 1. The van der Waals surface area contributed by atoms with E-state index in [9.17, 15) is 17.9 Å². The third-order valence-electron chi connectivity index (χ3n) is 3.62. The molecule has 2 aromatic carbocycles. The van der Waals surface area contributed by atoms with Crippen LogP contribution in [-0.2, 0) is 16.4 Å². The minimum atomic E-state index is -3.67. The van der Waals surface area contributed by atoms with E-state index in [1.165, 1.54) is 12.1 Å². The normalized spacial score (nSPS) is 11.7. The molecule has 5 nitrogen and oxygen atoms in total. The summed E-state index contributed by atoms with van der Waals surface area (Å²) in [6.45, 7) is -0.425. The molecule has 3 aromatic rings. The van der Waals surface area contributed by atoms with Crippen molar-refractivity contribution in [1.82, 2.24) is 5.16 Å². The maximum absolute atomic E-state index is 14.3. The Bertz CT molecular complexity index is 1050. The molecule has 0 bridgehead atoms. The van der Waals surface area contributed by atoms with Gasteiger partial charge in [-0.25, -0.2) is 12.8 Å². The second kappa shape index (κ2) is 6.70. The minimum Gasteiger partial charge on any atom is -0.388 e. The summed E-state index contributed by atoms with van der Waals surface area (Å²) in [7, 11) is -3.67. The summed E-state index contributed by atoms with van der Waals surface area (Å²) < 4.78 is 43.4. The van der Waals surface area contributed by atoms with Gasteiger partial charge in [-0.15, -0.1) is 0 Å². The maximum Gasteiger partial charge on any atom is 0.178 e. The van der Waals surface area contributed by atoms with E-state index < -0.39 is 22.3 Å². The number of rotatable bonds is 4. The molecule has 0 aliphatic carbocycles. The quantitative estimate of drug-likeness (QED) is 0.687. The number of aromatic nitrogens is 1. The molecule has 1 aromatic heterocycles. The number of aliphatic hydroxyl groups excluding tert-OH is 1. The highest BCUT2D eigenvalue weighted by Crippen LogP contribution is 2.36. The van der Waals surface area contributed by atoms with E-state index in [1.807, 2.05) is 18.2 Å². The zero-order chi connectivity index (χ0) is 18.2. The van der Waals surface area contributed by atoms with Crippen LogP contribution in [-0.4, -0.2) is 24.9 Å². The number of aliphatic hydroxyl groups is 1. The first-order valence-corrected chi connectivity index (χ1v) is 9.85. The van der Waals surface area contributed by atoms with Gasteiger partial charge in [-0.05, 0) is 29.8 Å². The monoisotopic (exact) mass is 425 g/mol. The first-order chi connectivity index (χ1) is 11.8. The summed E-state index contributed by atoms with van der Waals surface area (Å²) in [5, 5.41) is 13.5. The predicted molar refractivity (Wildman–Crippen MR) is 94.1 cm³/mol. The summed E-state index contributed by atoms with van der Waals surface area (Å²) in [5.74, 6) is -0.702. The highest BCUT2D eigenvalue weighted by Gasteiger charge is 2.21. The number of nitrogens with zero attached hydrogens (tertiary/aromatic N) is 1. The van der Waals surface area contributed by atoms with Crippen LogP contribution in [0.3, 0.4) is 0 Å². The lowest BCUT2D eigenvalue weighted by molar-refractivity contribution is 0.230. The van der Waals surface area contributed by atoms with Gasteiger partial charge in [0.05, 0.1) is 5.56 Å². The molecule has 0 aliphatic heterocycles. The molecule has 0 atom stereocenters. The Morgan fingerprint density at radius 3 is 2.56 bits per heavy atom. The van der Waals surface area contributed by atoms with Crippen molar-refractivity contribution in [3.05, 3.63) is 58.5 Å². The van der Waals surface area contributed by atoms with Gasteiger partial charge in [0, 0.05) is 16.3 Å². The van der Waals surface area contributed by atoms with Crippen LogP contribution in [0.25, 0.3) is 22.4 Å². The maximum atomic E-state index is 14.3. The number of sulfone groups is 1. The summed E-state index contributed by atoms with van der Waals surface area (Å²) in [5.41, 5.74) is 1.92. The van der Waals surface area contributed by atoms with Crippen LogP contribution in [0.4, 0.5) is 4.39 Å². The van der Waals surface area contributed by atoms with Crippen molar-refractivity contribution in [3.8, 4) is 22.4 Å². The van der Waals surface area contributed by atoms with Crippen molar-refractivity contribution < 1.29 is 22.4 Å². The lowest BCUT2D eigenvalue weighted by Crippen LogP contribution is -2.01. The topological polar surface area (TPSA) is 80.4 Å². The Morgan fingerprint density at radius 1 is 1.20 bits per heavy atom. The second-order valence-corrected chi connectivity index (χ2v) is 8.32. The van der Waals surface area contributed by atoms with Crippen molar-refractivity contribution >= 4 is 25.8 Å². The summed E-state index contributed by atoms with van der Waals surface area (Å²) in [4.78, 5) is -0.387. The van der Waals surface area contributed by atoms with Gasteiger partial charge in [0.15, 0.2) is 15.6 Å². The van der Waals surface area contributed by atoms with E-state index in [1.54, 1.807) is 6.07 Å². The van der Waals surface area contributed by atoms with Crippen molar-refractivity contribution in [1.29, 1.82) is 0 Å². The molecule has 3 rings (SSSR count). The highest BCUT2D eigenvalue weighted by molar-refractivity contribution is 9.10. The second-order valence-electron chi connectivity index (χ2n) is 5.42. The molecule has 0 aliphatic rings. The zero-order valence-electron chi connectivity index (χ0n) is 13.0. The molecule has 25 heavy (non-hydrogen) atoms. The predicted octanol–water partition coefficient (Wildman–Crippen LogP) is 3.81. The smallest absolute Gasteiger partial charge is 0.178 e. The average Bonchev–Trinajstić information content (AvgIpc) is 2.97. The fraction of sp³-hybridized carbons (Fsp3) is 0.118. The first kappa shape index (κ1) is 17.8. The van der Waals surface area contributed by atoms with E-state index in [0.717, 1.165) is 16.8 Å². The number of halogens is 2. The van der Waals surface area contributed by atoms with Gasteiger partial charge < -0.3 is 9.63 Å². The van der Waals surface area contributed by atoms with Crippen molar-refractivity contribution in [3.63, 3.8) is 0 Å². The van der Waals surface area contributed by atoms with Gasteiger partial charge >= 0.3 is 0 Å². The van der Waals surface area contributed by atoms with Gasteiger partial charge in [0.25, 0.3) is 0 Å². The SMILES string of the molecule is CS(=O)(=O)c1ccc(-c2c(-c3cccc(Br)c3)noc2CO)cc1F. The molecule has 130 valence electrons. The van der Waals surface area contributed by atoms with Crippen molar-refractivity contribution in [2.75, 3.05) is 6.26 Å². The Labute approximate surface area is 152 Å². The van der Waals surface area contributed by atoms with Gasteiger partial charge in [0.2, 0.25) is 0 Å². The van der Waals surface area contributed by atoms with Crippen LogP contribution in [0.2, 0.25) is 0 Å². The Hall–Kier alpha value is -2.03. The van der Waals surface area contributed by atoms with Crippen LogP contribution >= 0.6 is 15.9 Å². The first-order valence-electron chi connectivity index (χ1n) is 7.16. The molecule has 0 fully saturated rings. The molecular weight excluding hydrogens is 413 g/mol. The molecule has 8 heteroatoms. The van der Waals surface area contributed by atoms with Gasteiger partial charge in [-0.2, -0.15) is 0 Å². The third-order valence-corrected chi connectivity index (χ3v) is 5.25. The van der Waals surface area contributed by atoms with Crippen LogP contribution < -0.4 is 0 Å². The molecule has 1 N–H and O–H groups in total. The Kier molecular flexibility index (Phi) is 4.77. The van der Waals surface area contributed by atoms with Gasteiger partial charge in [-0.1, -0.05) is 39.3 Å². The van der Waals surface area contributed by atoms with Crippen LogP contribution in [0.15, 0.2) is 56.4 Å². The molecule has 0 saturated heterocycles. The van der Waals surface area contributed by atoms with E-state index in [0.29, 0.717) is 22.4 Å². The van der Waals surface area contributed by atoms with Crippen LogP contribution in [0, 0.1) is 5.82 Å². The average molecular weight is 426 g/mol. The van der Waals surface area contributed by atoms with E-state index in [2.05, 4.69) is 21.1 Å². The fourth-order valence-corrected chi connectivity index (χ4v) is 3.65. The van der Waals surface area contributed by atoms with Crippen molar-refractivity contribution in [2.45, 2.75) is 11.5 Å². The Balaban J connectivity index is 2.21. The van der Waals surface area contributed by atoms with Crippen LogP contribution in [0.1, 0.15) is 5.76 Å². The lowest BCUT2D eigenvalue weighted by Gasteiger charge is -2.07. The number of hydrogen-bond acceptors (Lipinski definition) is 5. The minimum absolute atomic E-state index is 0.168. The summed E-state index contributed by atoms with van der Waals surface area (Å²) in [6, 6.07) is 11.0. The highest BCUT2D eigenvalue weighted by atomic mass is 79.9. The molecule has 0 amide bonds. The lowest BCUT2D eigenvalue weighted by atomic mass is 9.99.